The van der Waals surface area contributed by atoms with Gasteiger partial charge in [-0.15, -0.1) is 12.4 Å². The summed E-state index contributed by atoms with van der Waals surface area (Å²) < 4.78 is 11.6. The molecule has 0 spiro atoms. The van der Waals surface area contributed by atoms with Crippen molar-refractivity contribution in [2.24, 2.45) is 11.7 Å². The minimum absolute atomic E-state index is 0. The second-order valence-electron chi connectivity index (χ2n) is 4.80. The number of methoxy groups -OCH3 is 2. The van der Waals surface area contributed by atoms with Gasteiger partial charge in [0, 0.05) is 10.5 Å². The molecule has 5 heteroatoms. The molecule has 1 aromatic rings. The molecule has 3 nitrogen and oxygen atoms in total. The Balaban J connectivity index is 0.00000180. The normalized spacial score (nSPS) is 16.8. The van der Waals surface area contributed by atoms with E-state index >= 15 is 0 Å². The summed E-state index contributed by atoms with van der Waals surface area (Å²) in [7, 11) is 3.29. The van der Waals surface area contributed by atoms with Crippen molar-refractivity contribution in [3.63, 3.8) is 0 Å². The quantitative estimate of drug-likeness (QED) is 0.890. The van der Waals surface area contributed by atoms with E-state index in [2.05, 4.69) is 15.9 Å². The van der Waals surface area contributed by atoms with Gasteiger partial charge in [0.05, 0.1) is 14.2 Å². The molecule has 0 unspecified atom stereocenters. The average molecular weight is 351 g/mol. The highest BCUT2D eigenvalue weighted by molar-refractivity contribution is 9.10. The van der Waals surface area contributed by atoms with Crippen molar-refractivity contribution < 1.29 is 9.47 Å². The number of hydrogen-bond acceptors (Lipinski definition) is 3. The van der Waals surface area contributed by atoms with E-state index in [9.17, 15) is 0 Å². The summed E-state index contributed by atoms with van der Waals surface area (Å²) in [5.41, 5.74) is 7.50. The van der Waals surface area contributed by atoms with Crippen LogP contribution in [0.25, 0.3) is 0 Å². The fourth-order valence-corrected chi connectivity index (χ4v) is 3.28. The maximum atomic E-state index is 6.39. The fourth-order valence-electron chi connectivity index (χ4n) is 2.70. The number of hydrogen-bond donors (Lipinski definition) is 1. The molecule has 0 aliphatic heterocycles. The van der Waals surface area contributed by atoms with Crippen molar-refractivity contribution >= 4 is 28.3 Å². The topological polar surface area (TPSA) is 44.5 Å². The molecule has 1 aromatic carbocycles. The van der Waals surface area contributed by atoms with E-state index in [1.54, 1.807) is 14.2 Å². The monoisotopic (exact) mass is 349 g/mol. The minimum atomic E-state index is 0. The van der Waals surface area contributed by atoms with Crippen LogP contribution in [0.1, 0.15) is 37.3 Å². The zero-order chi connectivity index (χ0) is 13.1. The van der Waals surface area contributed by atoms with Crippen molar-refractivity contribution in [2.75, 3.05) is 14.2 Å². The first kappa shape index (κ1) is 16.6. The lowest BCUT2D eigenvalue weighted by molar-refractivity contribution is 0.352. The summed E-state index contributed by atoms with van der Waals surface area (Å²) in [5, 5.41) is 0. The molecule has 0 amide bonds. The molecule has 2 rings (SSSR count). The molecule has 0 saturated heterocycles. The SMILES string of the molecule is COc1cc(Br)c([C@H](N)C2CCCC2)cc1OC.Cl. The summed E-state index contributed by atoms with van der Waals surface area (Å²) >= 11 is 3.58. The minimum Gasteiger partial charge on any atom is -0.493 e. The molecule has 1 aliphatic rings. The molecule has 0 bridgehead atoms. The average Bonchev–Trinajstić information content (AvgIpc) is 2.91. The number of nitrogens with two attached hydrogens (primary N) is 1. The predicted molar refractivity (Wildman–Crippen MR) is 83.4 cm³/mol. The molecular weight excluding hydrogens is 330 g/mol. The van der Waals surface area contributed by atoms with Crippen LogP contribution in [0.2, 0.25) is 0 Å². The van der Waals surface area contributed by atoms with E-state index in [0.29, 0.717) is 5.92 Å². The zero-order valence-electron chi connectivity index (χ0n) is 11.3. The van der Waals surface area contributed by atoms with E-state index in [-0.39, 0.29) is 18.4 Å². The Morgan fingerprint density at radius 1 is 1.16 bits per heavy atom. The van der Waals surface area contributed by atoms with Crippen molar-refractivity contribution in [1.82, 2.24) is 0 Å². The summed E-state index contributed by atoms with van der Waals surface area (Å²) in [6.07, 6.45) is 5.04. The largest absolute Gasteiger partial charge is 0.493 e. The first-order chi connectivity index (χ1) is 8.67. The van der Waals surface area contributed by atoms with Crippen molar-refractivity contribution in [1.29, 1.82) is 0 Å². The van der Waals surface area contributed by atoms with Gasteiger partial charge in [-0.05, 0) is 36.5 Å². The predicted octanol–water partition coefficient (Wildman–Crippen LogP) is 4.08. The first-order valence-electron chi connectivity index (χ1n) is 6.34. The lowest BCUT2D eigenvalue weighted by Gasteiger charge is -2.22. The third kappa shape index (κ3) is 3.56. The lowest BCUT2D eigenvalue weighted by Crippen LogP contribution is -2.19. The number of halogens is 2. The fraction of sp³-hybridized carbons (Fsp3) is 0.571. The van der Waals surface area contributed by atoms with E-state index in [4.69, 9.17) is 15.2 Å². The highest BCUT2D eigenvalue weighted by Crippen LogP contribution is 2.41. The van der Waals surface area contributed by atoms with E-state index in [1.165, 1.54) is 25.7 Å². The number of benzene rings is 1. The second-order valence-corrected chi connectivity index (χ2v) is 5.65. The van der Waals surface area contributed by atoms with E-state index in [1.807, 2.05) is 12.1 Å². The van der Waals surface area contributed by atoms with Crippen molar-refractivity contribution in [3.8, 4) is 11.5 Å². The van der Waals surface area contributed by atoms with Crippen LogP contribution in [0.15, 0.2) is 16.6 Å². The van der Waals surface area contributed by atoms with Gasteiger partial charge in [0.1, 0.15) is 0 Å². The standard InChI is InChI=1S/C14H20BrNO2.ClH/c1-17-12-7-10(11(15)8-13(12)18-2)14(16)9-5-3-4-6-9;/h7-9,14H,3-6,16H2,1-2H3;1H/t14-;/m1./s1. The maximum Gasteiger partial charge on any atom is 0.161 e. The van der Waals surface area contributed by atoms with Crippen LogP contribution >= 0.6 is 28.3 Å². The van der Waals surface area contributed by atoms with Gasteiger partial charge in [0.2, 0.25) is 0 Å². The highest BCUT2D eigenvalue weighted by Gasteiger charge is 2.25. The number of rotatable bonds is 4. The second kappa shape index (κ2) is 7.36. The lowest BCUT2D eigenvalue weighted by atomic mass is 9.92. The summed E-state index contributed by atoms with van der Waals surface area (Å²) in [5.74, 6) is 2.05. The number of ether oxygens (including phenoxy) is 2. The van der Waals surface area contributed by atoms with Crippen LogP contribution in [-0.4, -0.2) is 14.2 Å². The molecule has 1 aliphatic carbocycles. The van der Waals surface area contributed by atoms with Crippen LogP contribution < -0.4 is 15.2 Å². The first-order valence-corrected chi connectivity index (χ1v) is 7.13. The molecule has 1 saturated carbocycles. The van der Waals surface area contributed by atoms with Crippen LogP contribution in [0.5, 0.6) is 11.5 Å². The summed E-state index contributed by atoms with van der Waals surface area (Å²) in [4.78, 5) is 0. The molecule has 1 atom stereocenters. The Morgan fingerprint density at radius 3 is 2.21 bits per heavy atom. The zero-order valence-corrected chi connectivity index (χ0v) is 13.7. The third-order valence-corrected chi connectivity index (χ3v) is 4.46. The van der Waals surface area contributed by atoms with Gasteiger partial charge in [-0.25, -0.2) is 0 Å². The van der Waals surface area contributed by atoms with E-state index in [0.717, 1.165) is 21.5 Å². The van der Waals surface area contributed by atoms with E-state index < -0.39 is 0 Å². The Hall–Kier alpha value is -0.450. The molecule has 2 N–H and O–H groups in total. The molecule has 0 radical (unpaired) electrons. The van der Waals surface area contributed by atoms with Gasteiger partial charge in [-0.1, -0.05) is 28.8 Å². The van der Waals surface area contributed by atoms with Crippen molar-refractivity contribution in [3.05, 3.63) is 22.2 Å². The third-order valence-electron chi connectivity index (χ3n) is 3.77. The Morgan fingerprint density at radius 2 is 1.68 bits per heavy atom. The molecule has 0 aromatic heterocycles. The highest BCUT2D eigenvalue weighted by atomic mass is 79.9. The summed E-state index contributed by atoms with van der Waals surface area (Å²) in [6.45, 7) is 0. The Labute approximate surface area is 129 Å². The van der Waals surface area contributed by atoms with Crippen LogP contribution in [0.4, 0.5) is 0 Å². The summed E-state index contributed by atoms with van der Waals surface area (Å²) in [6, 6.07) is 4.00. The maximum absolute atomic E-state index is 6.39. The van der Waals surface area contributed by atoms with Gasteiger partial charge >= 0.3 is 0 Å². The van der Waals surface area contributed by atoms with Gasteiger partial charge in [-0.2, -0.15) is 0 Å². The Bertz CT molecular complexity index is 422. The van der Waals surface area contributed by atoms with Crippen LogP contribution in [0, 0.1) is 5.92 Å². The molecule has 1 fully saturated rings. The van der Waals surface area contributed by atoms with Gasteiger partial charge < -0.3 is 15.2 Å². The smallest absolute Gasteiger partial charge is 0.161 e. The van der Waals surface area contributed by atoms with Crippen LogP contribution in [0.3, 0.4) is 0 Å². The van der Waals surface area contributed by atoms with Crippen molar-refractivity contribution in [2.45, 2.75) is 31.7 Å². The van der Waals surface area contributed by atoms with Crippen LogP contribution in [-0.2, 0) is 0 Å². The Kier molecular flexibility index (Phi) is 6.43. The van der Waals surface area contributed by atoms with Gasteiger partial charge in [0.15, 0.2) is 11.5 Å². The molecule has 108 valence electrons. The van der Waals surface area contributed by atoms with Gasteiger partial charge in [0.25, 0.3) is 0 Å². The molecule has 0 heterocycles. The molecule has 19 heavy (non-hydrogen) atoms. The molecular formula is C14H21BrClNO2. The van der Waals surface area contributed by atoms with Gasteiger partial charge in [-0.3, -0.25) is 0 Å².